The molecule has 2 fully saturated rings. The molecule has 0 amide bonds. The van der Waals surface area contributed by atoms with Crippen molar-refractivity contribution < 1.29 is 14.6 Å². The van der Waals surface area contributed by atoms with Gasteiger partial charge in [-0.2, -0.15) is 0 Å². The third-order valence-corrected chi connectivity index (χ3v) is 3.72. The van der Waals surface area contributed by atoms with Crippen molar-refractivity contribution in [2.24, 2.45) is 5.92 Å². The van der Waals surface area contributed by atoms with Crippen molar-refractivity contribution >= 4 is 5.97 Å². The van der Waals surface area contributed by atoms with E-state index in [0.29, 0.717) is 0 Å². The average Bonchev–Trinajstić information content (AvgIpc) is 2.88. The molecule has 0 aromatic rings. The van der Waals surface area contributed by atoms with Crippen molar-refractivity contribution in [3.05, 3.63) is 0 Å². The first-order valence-electron chi connectivity index (χ1n) is 6.24. The van der Waals surface area contributed by atoms with Crippen LogP contribution in [0, 0.1) is 5.92 Å². The highest BCUT2D eigenvalue weighted by Crippen LogP contribution is 2.28. The van der Waals surface area contributed by atoms with Gasteiger partial charge >= 0.3 is 5.97 Å². The van der Waals surface area contributed by atoms with E-state index in [2.05, 4.69) is 4.90 Å². The van der Waals surface area contributed by atoms with Crippen LogP contribution in [0.25, 0.3) is 0 Å². The predicted molar refractivity (Wildman–Crippen MR) is 60.0 cm³/mol. The monoisotopic (exact) mass is 227 g/mol. The molecular formula is C12H21NO3. The van der Waals surface area contributed by atoms with E-state index in [1.165, 1.54) is 0 Å². The van der Waals surface area contributed by atoms with Gasteiger partial charge in [0.2, 0.25) is 0 Å². The first-order valence-corrected chi connectivity index (χ1v) is 6.24. The van der Waals surface area contributed by atoms with E-state index < -0.39 is 12.1 Å². The fourth-order valence-corrected chi connectivity index (χ4v) is 2.69. The highest BCUT2D eigenvalue weighted by atomic mass is 16.6. The van der Waals surface area contributed by atoms with Crippen molar-refractivity contribution in [3.63, 3.8) is 0 Å². The van der Waals surface area contributed by atoms with Crippen LogP contribution in [-0.2, 0) is 9.53 Å². The number of rotatable bonds is 3. The Labute approximate surface area is 96.6 Å². The minimum atomic E-state index is -0.895. The van der Waals surface area contributed by atoms with Crippen molar-refractivity contribution in [1.82, 2.24) is 4.90 Å². The second-order valence-electron chi connectivity index (χ2n) is 5.10. The molecule has 4 heteroatoms. The van der Waals surface area contributed by atoms with Gasteiger partial charge in [0.1, 0.15) is 6.10 Å². The molecule has 1 aliphatic carbocycles. The van der Waals surface area contributed by atoms with Crippen molar-refractivity contribution in [3.8, 4) is 0 Å². The van der Waals surface area contributed by atoms with Gasteiger partial charge in [-0.05, 0) is 32.2 Å². The second-order valence-corrected chi connectivity index (χ2v) is 5.10. The van der Waals surface area contributed by atoms with Gasteiger partial charge < -0.3 is 14.7 Å². The van der Waals surface area contributed by atoms with Crippen LogP contribution in [0.1, 0.15) is 32.1 Å². The zero-order chi connectivity index (χ0) is 11.5. The van der Waals surface area contributed by atoms with Gasteiger partial charge in [0.05, 0.1) is 0 Å². The van der Waals surface area contributed by atoms with Gasteiger partial charge in [0, 0.05) is 13.1 Å². The highest BCUT2D eigenvalue weighted by Gasteiger charge is 2.32. The fourth-order valence-electron chi connectivity index (χ4n) is 2.69. The molecule has 4 nitrogen and oxygen atoms in total. The maximum Gasteiger partial charge on any atom is 0.335 e. The molecule has 1 aliphatic heterocycles. The number of carbonyl (C=O) groups excluding carboxylic acids is 1. The van der Waals surface area contributed by atoms with Crippen LogP contribution in [0.3, 0.4) is 0 Å². The lowest BCUT2D eigenvalue weighted by molar-refractivity contribution is -0.161. The van der Waals surface area contributed by atoms with Crippen LogP contribution < -0.4 is 0 Å². The summed E-state index contributed by atoms with van der Waals surface area (Å²) in [5.74, 6) is -0.279. The fraction of sp³-hybridized carbons (Fsp3) is 0.917. The molecule has 0 unspecified atom stereocenters. The first-order chi connectivity index (χ1) is 7.66. The maximum atomic E-state index is 11.7. The summed E-state index contributed by atoms with van der Waals surface area (Å²) in [4.78, 5) is 13.8. The molecule has 0 aromatic carbocycles. The molecule has 0 spiro atoms. The van der Waals surface area contributed by atoms with E-state index in [9.17, 15) is 9.90 Å². The number of aliphatic hydroxyl groups excluding tert-OH is 1. The smallest absolute Gasteiger partial charge is 0.335 e. The van der Waals surface area contributed by atoms with Crippen LogP contribution >= 0.6 is 0 Å². The van der Waals surface area contributed by atoms with Gasteiger partial charge in [0.15, 0.2) is 6.10 Å². The number of ether oxygens (including phenoxy) is 1. The van der Waals surface area contributed by atoms with E-state index in [1.54, 1.807) is 0 Å². The van der Waals surface area contributed by atoms with E-state index in [0.717, 1.165) is 45.2 Å². The summed E-state index contributed by atoms with van der Waals surface area (Å²) in [5.41, 5.74) is 0. The summed E-state index contributed by atoms with van der Waals surface area (Å²) in [6.45, 7) is 1.76. The third-order valence-electron chi connectivity index (χ3n) is 3.72. The van der Waals surface area contributed by atoms with Crippen LogP contribution in [0.4, 0.5) is 0 Å². The number of carbonyl (C=O) groups is 1. The Morgan fingerprint density at radius 3 is 2.62 bits per heavy atom. The minimum absolute atomic E-state index is 0.0199. The molecule has 1 saturated heterocycles. The number of nitrogens with zero attached hydrogens (tertiary/aromatic N) is 1. The normalized spacial score (nSPS) is 29.5. The first kappa shape index (κ1) is 11.9. The lowest BCUT2D eigenvalue weighted by Gasteiger charge is -2.19. The van der Waals surface area contributed by atoms with Crippen LogP contribution in [0.5, 0.6) is 0 Å². The lowest BCUT2D eigenvalue weighted by atomic mass is 10.0. The Bertz CT molecular complexity index is 251. The van der Waals surface area contributed by atoms with Crippen LogP contribution in [0.15, 0.2) is 0 Å². The Kier molecular flexibility index (Phi) is 3.82. The summed E-state index contributed by atoms with van der Waals surface area (Å²) >= 11 is 0. The van der Waals surface area contributed by atoms with Crippen molar-refractivity contribution in [2.45, 2.75) is 44.3 Å². The molecule has 1 saturated carbocycles. The summed E-state index contributed by atoms with van der Waals surface area (Å²) < 4.78 is 5.33. The predicted octanol–water partition coefficient (Wildman–Crippen LogP) is 0.785. The van der Waals surface area contributed by atoms with Gasteiger partial charge in [-0.1, -0.05) is 12.8 Å². The topological polar surface area (TPSA) is 49.8 Å². The Morgan fingerprint density at radius 2 is 2.06 bits per heavy atom. The van der Waals surface area contributed by atoms with Gasteiger partial charge in [-0.15, -0.1) is 0 Å². The molecule has 0 bridgehead atoms. The highest BCUT2D eigenvalue weighted by molar-refractivity contribution is 5.75. The number of likely N-dealkylation sites (tertiary alicyclic amines) is 1. The van der Waals surface area contributed by atoms with Gasteiger partial charge in [0.25, 0.3) is 0 Å². The average molecular weight is 227 g/mol. The Hall–Kier alpha value is -0.610. The third kappa shape index (κ3) is 2.74. The number of likely N-dealkylation sites (N-methyl/N-ethyl adjacent to an activating group) is 1. The molecule has 0 aromatic heterocycles. The van der Waals surface area contributed by atoms with Crippen molar-refractivity contribution in [1.29, 1.82) is 0 Å². The Morgan fingerprint density at radius 1 is 1.38 bits per heavy atom. The van der Waals surface area contributed by atoms with Crippen LogP contribution in [0.2, 0.25) is 0 Å². The van der Waals surface area contributed by atoms with Gasteiger partial charge in [-0.25, -0.2) is 4.79 Å². The largest absolute Gasteiger partial charge is 0.459 e. The molecule has 92 valence electrons. The van der Waals surface area contributed by atoms with E-state index >= 15 is 0 Å². The van der Waals surface area contributed by atoms with E-state index in [1.807, 2.05) is 7.05 Å². The van der Waals surface area contributed by atoms with E-state index in [4.69, 9.17) is 4.74 Å². The molecule has 2 aliphatic rings. The molecule has 2 atom stereocenters. The molecular weight excluding hydrogens is 206 g/mol. The zero-order valence-electron chi connectivity index (χ0n) is 9.89. The second kappa shape index (κ2) is 5.15. The summed E-state index contributed by atoms with van der Waals surface area (Å²) in [7, 11) is 2.02. The molecule has 1 N–H and O–H groups in total. The summed E-state index contributed by atoms with van der Waals surface area (Å²) in [6.07, 6.45) is 4.14. The lowest BCUT2D eigenvalue weighted by Crippen LogP contribution is -2.33. The maximum absolute atomic E-state index is 11.7. The SMILES string of the molecule is CN1CC[C@@H](OC(=O)[C@H](O)C2CCCC2)C1. The number of hydrogen-bond acceptors (Lipinski definition) is 4. The van der Waals surface area contributed by atoms with Gasteiger partial charge in [-0.3, -0.25) is 0 Å². The standard InChI is InChI=1S/C12H21NO3/c1-13-7-6-10(8-13)16-12(15)11(14)9-4-2-3-5-9/h9-11,14H,2-8H2,1H3/t10-,11-/m1/s1. The van der Waals surface area contributed by atoms with E-state index in [-0.39, 0.29) is 12.0 Å². The molecule has 2 rings (SSSR count). The summed E-state index contributed by atoms with van der Waals surface area (Å²) in [6, 6.07) is 0. The van der Waals surface area contributed by atoms with Crippen LogP contribution in [-0.4, -0.2) is 48.3 Å². The Balaban J connectivity index is 1.78. The number of hydrogen-bond donors (Lipinski definition) is 1. The number of esters is 1. The van der Waals surface area contributed by atoms with Crippen molar-refractivity contribution in [2.75, 3.05) is 20.1 Å². The zero-order valence-corrected chi connectivity index (χ0v) is 9.89. The minimum Gasteiger partial charge on any atom is -0.459 e. The molecule has 0 radical (unpaired) electrons. The molecule has 1 heterocycles. The summed E-state index contributed by atoms with van der Waals surface area (Å²) in [5, 5.41) is 9.86. The quantitative estimate of drug-likeness (QED) is 0.724. The molecule has 16 heavy (non-hydrogen) atoms. The number of aliphatic hydroxyl groups is 1.